The molecule has 0 aromatic carbocycles. The van der Waals surface area contributed by atoms with E-state index in [0.29, 0.717) is 36.7 Å². The van der Waals surface area contributed by atoms with Crippen LogP contribution >= 0.6 is 0 Å². The second-order valence-electron chi connectivity index (χ2n) is 5.63. The van der Waals surface area contributed by atoms with Crippen molar-refractivity contribution in [2.45, 2.75) is 38.6 Å². The molecular weight excluding hydrogens is 338 g/mol. The molecule has 0 saturated heterocycles. The van der Waals surface area contributed by atoms with E-state index in [9.17, 15) is 9.59 Å². The molecule has 0 saturated carbocycles. The molecular formula is C17H23N5O4. The van der Waals surface area contributed by atoms with E-state index in [0.717, 1.165) is 31.8 Å². The molecule has 2 aromatic heterocycles. The lowest BCUT2D eigenvalue weighted by Crippen LogP contribution is -2.10. The molecule has 0 spiro atoms. The summed E-state index contributed by atoms with van der Waals surface area (Å²) in [6.45, 7) is 4.51. The van der Waals surface area contributed by atoms with Gasteiger partial charge in [0.2, 0.25) is 0 Å². The molecule has 0 amide bonds. The van der Waals surface area contributed by atoms with Gasteiger partial charge in [-0.2, -0.15) is 0 Å². The smallest absolute Gasteiger partial charge is 0.330 e. The maximum absolute atomic E-state index is 11.8. The Morgan fingerprint density at radius 1 is 1.12 bits per heavy atom. The lowest BCUT2D eigenvalue weighted by Gasteiger charge is -2.06. The Kier molecular flexibility index (Phi) is 7.53. The van der Waals surface area contributed by atoms with Gasteiger partial charge in [0, 0.05) is 12.6 Å². The van der Waals surface area contributed by atoms with Crippen molar-refractivity contribution in [3.05, 3.63) is 25.3 Å². The first-order valence-electron chi connectivity index (χ1n) is 8.48. The van der Waals surface area contributed by atoms with Crippen molar-refractivity contribution in [3.8, 4) is 0 Å². The van der Waals surface area contributed by atoms with Crippen LogP contribution < -0.4 is 5.73 Å². The van der Waals surface area contributed by atoms with E-state index < -0.39 is 5.97 Å². The minimum absolute atomic E-state index is 0.229. The molecule has 0 bridgehead atoms. The monoisotopic (exact) mass is 361 g/mol. The average Bonchev–Trinajstić information content (AvgIpc) is 3.06. The SMILES string of the molecule is C=CC(=O)OCCCCCCOC(=O)CCn1cnc2c(N)ncnc21. The molecule has 0 aliphatic carbocycles. The third kappa shape index (κ3) is 5.83. The number of anilines is 1. The first kappa shape index (κ1) is 19.4. The van der Waals surface area contributed by atoms with Crippen LogP contribution in [0, 0.1) is 0 Å². The lowest BCUT2D eigenvalue weighted by molar-refractivity contribution is -0.144. The minimum Gasteiger partial charge on any atom is -0.466 e. The van der Waals surface area contributed by atoms with Crippen LogP contribution in [0.1, 0.15) is 32.1 Å². The maximum Gasteiger partial charge on any atom is 0.330 e. The van der Waals surface area contributed by atoms with Crippen molar-refractivity contribution in [2.75, 3.05) is 18.9 Å². The van der Waals surface area contributed by atoms with Gasteiger partial charge in [-0.3, -0.25) is 4.79 Å². The molecule has 0 unspecified atom stereocenters. The van der Waals surface area contributed by atoms with E-state index in [4.69, 9.17) is 15.2 Å². The van der Waals surface area contributed by atoms with E-state index in [1.807, 2.05) is 0 Å². The van der Waals surface area contributed by atoms with Gasteiger partial charge in [0.05, 0.1) is 26.0 Å². The molecule has 2 aromatic rings. The Labute approximate surface area is 151 Å². The first-order chi connectivity index (χ1) is 12.6. The van der Waals surface area contributed by atoms with Gasteiger partial charge in [0.15, 0.2) is 11.5 Å². The van der Waals surface area contributed by atoms with Crippen molar-refractivity contribution in [3.63, 3.8) is 0 Å². The van der Waals surface area contributed by atoms with Crippen molar-refractivity contribution in [1.29, 1.82) is 0 Å². The van der Waals surface area contributed by atoms with Crippen molar-refractivity contribution in [1.82, 2.24) is 19.5 Å². The number of imidazole rings is 1. The summed E-state index contributed by atoms with van der Waals surface area (Å²) in [5.74, 6) is -0.358. The highest BCUT2D eigenvalue weighted by molar-refractivity contribution is 5.81. The molecule has 0 radical (unpaired) electrons. The van der Waals surface area contributed by atoms with E-state index >= 15 is 0 Å². The predicted octanol–water partition coefficient (Wildman–Crippen LogP) is 1.63. The number of fused-ring (bicyclic) bond motifs is 1. The molecule has 2 heterocycles. The minimum atomic E-state index is -0.404. The summed E-state index contributed by atoms with van der Waals surface area (Å²) < 4.78 is 11.8. The van der Waals surface area contributed by atoms with Crippen LogP contribution in [-0.2, 0) is 25.6 Å². The number of hydrogen-bond donors (Lipinski definition) is 1. The molecule has 2 N–H and O–H groups in total. The maximum atomic E-state index is 11.8. The number of nitrogens with two attached hydrogens (primary N) is 1. The van der Waals surface area contributed by atoms with Gasteiger partial charge < -0.3 is 19.8 Å². The van der Waals surface area contributed by atoms with Crippen molar-refractivity contribution in [2.24, 2.45) is 0 Å². The number of aryl methyl sites for hydroxylation is 1. The molecule has 0 aliphatic heterocycles. The summed E-state index contributed by atoms with van der Waals surface area (Å²) >= 11 is 0. The molecule has 140 valence electrons. The summed E-state index contributed by atoms with van der Waals surface area (Å²) in [4.78, 5) is 34.8. The van der Waals surface area contributed by atoms with Crippen LogP contribution in [0.5, 0.6) is 0 Å². The zero-order valence-corrected chi connectivity index (χ0v) is 14.6. The summed E-state index contributed by atoms with van der Waals surface area (Å²) in [7, 11) is 0. The molecule has 0 atom stereocenters. The zero-order chi connectivity index (χ0) is 18.8. The van der Waals surface area contributed by atoms with Crippen LogP contribution in [0.15, 0.2) is 25.3 Å². The number of aromatic nitrogens is 4. The molecule has 2 rings (SSSR count). The van der Waals surface area contributed by atoms with Crippen LogP contribution in [0.4, 0.5) is 5.82 Å². The van der Waals surface area contributed by atoms with Crippen LogP contribution in [-0.4, -0.2) is 44.7 Å². The fraction of sp³-hybridized carbons (Fsp3) is 0.471. The Morgan fingerprint density at radius 3 is 2.58 bits per heavy atom. The number of ether oxygens (including phenoxy) is 2. The molecule has 26 heavy (non-hydrogen) atoms. The zero-order valence-electron chi connectivity index (χ0n) is 14.6. The fourth-order valence-corrected chi connectivity index (χ4v) is 2.32. The number of carbonyl (C=O) groups is 2. The topological polar surface area (TPSA) is 122 Å². The summed E-state index contributed by atoms with van der Waals surface area (Å²) in [5, 5.41) is 0. The van der Waals surface area contributed by atoms with Gasteiger partial charge in [0.1, 0.15) is 11.8 Å². The van der Waals surface area contributed by atoms with E-state index in [2.05, 4.69) is 21.5 Å². The number of rotatable bonds is 11. The first-order valence-corrected chi connectivity index (χ1v) is 8.48. The standard InChI is InChI=1S/C17H23N5O4/c1-2-13(23)25-9-5-3-4-6-10-26-14(24)7-8-22-12-21-15-16(18)19-11-20-17(15)22/h2,11-12H,1,3-10H2,(H2,18,19,20). The third-order valence-electron chi connectivity index (χ3n) is 3.70. The van der Waals surface area contributed by atoms with E-state index in [1.54, 1.807) is 10.9 Å². The quantitative estimate of drug-likeness (QED) is 0.364. The highest BCUT2D eigenvalue weighted by atomic mass is 16.5. The van der Waals surface area contributed by atoms with Crippen molar-refractivity contribution < 1.29 is 19.1 Å². The molecule has 9 heteroatoms. The number of carbonyl (C=O) groups excluding carboxylic acids is 2. The van der Waals surface area contributed by atoms with Gasteiger partial charge in [-0.15, -0.1) is 0 Å². The number of nitrogens with zero attached hydrogens (tertiary/aromatic N) is 4. The Hall–Kier alpha value is -2.97. The number of unbranched alkanes of at least 4 members (excludes halogenated alkanes) is 3. The molecule has 0 fully saturated rings. The largest absolute Gasteiger partial charge is 0.466 e. The lowest BCUT2D eigenvalue weighted by atomic mass is 10.2. The van der Waals surface area contributed by atoms with Crippen LogP contribution in [0.2, 0.25) is 0 Å². The summed E-state index contributed by atoms with van der Waals surface area (Å²) in [5.41, 5.74) is 6.85. The fourth-order valence-electron chi connectivity index (χ4n) is 2.32. The van der Waals surface area contributed by atoms with Gasteiger partial charge in [-0.05, 0) is 25.7 Å². The molecule has 0 aliphatic rings. The Balaban J connectivity index is 1.57. The average molecular weight is 361 g/mol. The van der Waals surface area contributed by atoms with E-state index in [-0.39, 0.29) is 12.4 Å². The third-order valence-corrected chi connectivity index (χ3v) is 3.70. The van der Waals surface area contributed by atoms with Crippen molar-refractivity contribution >= 4 is 28.9 Å². The Morgan fingerprint density at radius 2 is 1.85 bits per heavy atom. The van der Waals surface area contributed by atoms with Crippen LogP contribution in [0.25, 0.3) is 11.2 Å². The van der Waals surface area contributed by atoms with Gasteiger partial charge in [0.25, 0.3) is 0 Å². The highest BCUT2D eigenvalue weighted by Gasteiger charge is 2.09. The van der Waals surface area contributed by atoms with Crippen LogP contribution in [0.3, 0.4) is 0 Å². The number of esters is 2. The number of nitrogen functional groups attached to an aromatic ring is 1. The Bertz CT molecular complexity index is 759. The van der Waals surface area contributed by atoms with E-state index in [1.165, 1.54) is 6.33 Å². The van der Waals surface area contributed by atoms with Gasteiger partial charge in [-0.25, -0.2) is 19.7 Å². The summed E-state index contributed by atoms with van der Waals surface area (Å²) in [6.07, 6.45) is 7.70. The second kappa shape index (κ2) is 10.1. The summed E-state index contributed by atoms with van der Waals surface area (Å²) in [6, 6.07) is 0. The highest BCUT2D eigenvalue weighted by Crippen LogP contribution is 2.14. The number of hydrogen-bond acceptors (Lipinski definition) is 8. The molecule has 9 nitrogen and oxygen atoms in total. The second-order valence-corrected chi connectivity index (χ2v) is 5.63. The predicted molar refractivity (Wildman–Crippen MR) is 94.9 cm³/mol. The van der Waals surface area contributed by atoms with Gasteiger partial charge in [-0.1, -0.05) is 6.58 Å². The van der Waals surface area contributed by atoms with Gasteiger partial charge >= 0.3 is 11.9 Å². The normalized spacial score (nSPS) is 10.6.